The zero-order valence-corrected chi connectivity index (χ0v) is 32.1. The molecule has 0 saturated heterocycles. The van der Waals surface area contributed by atoms with Gasteiger partial charge in [-0.1, -0.05) is 143 Å². The quantitative estimate of drug-likeness (QED) is 0.0733. The molecule has 0 fully saturated rings. The van der Waals surface area contributed by atoms with E-state index in [0.29, 0.717) is 42.8 Å². The van der Waals surface area contributed by atoms with Crippen LogP contribution in [0.5, 0.6) is 0 Å². The summed E-state index contributed by atoms with van der Waals surface area (Å²) in [5.41, 5.74) is 0.676. The van der Waals surface area contributed by atoms with Gasteiger partial charge >= 0.3 is 23.9 Å². The highest BCUT2D eigenvalue weighted by Gasteiger charge is 2.21. The maximum atomic E-state index is 12.6. The number of unbranched alkanes of at least 4 members (excludes halogenated alkanes) is 6. The van der Waals surface area contributed by atoms with Crippen LogP contribution < -0.4 is 0 Å². The molecule has 2 atom stereocenters. The number of rotatable bonds is 22. The number of carbonyl (C=O) groups excluding carboxylic acids is 3. The minimum Gasteiger partial charge on any atom is -0.478 e. The van der Waals surface area contributed by atoms with Crippen molar-refractivity contribution in [1.82, 2.24) is 0 Å². The van der Waals surface area contributed by atoms with Crippen molar-refractivity contribution in [3.63, 3.8) is 0 Å². The molecule has 0 radical (unpaired) electrons. The summed E-state index contributed by atoms with van der Waals surface area (Å²) in [6.45, 7) is 16.1. The maximum Gasteiger partial charge on any atom is 0.339 e. The van der Waals surface area contributed by atoms with E-state index in [4.69, 9.17) is 19.3 Å². The van der Waals surface area contributed by atoms with Crippen LogP contribution in [0.15, 0.2) is 48.5 Å². The Balaban J connectivity index is 0.000000931. The van der Waals surface area contributed by atoms with E-state index in [9.17, 15) is 19.2 Å². The Bertz CT molecular complexity index is 1150. The van der Waals surface area contributed by atoms with E-state index >= 15 is 0 Å². The fourth-order valence-corrected chi connectivity index (χ4v) is 4.80. The van der Waals surface area contributed by atoms with Crippen molar-refractivity contribution in [3.05, 3.63) is 70.8 Å². The van der Waals surface area contributed by atoms with Crippen LogP contribution in [0.25, 0.3) is 0 Å². The molecule has 0 spiro atoms. The second kappa shape index (κ2) is 30.2. The number of benzene rings is 2. The summed E-state index contributed by atoms with van der Waals surface area (Å²) in [7, 11) is 0. The van der Waals surface area contributed by atoms with E-state index in [-0.39, 0.29) is 11.1 Å². The number of esters is 3. The van der Waals surface area contributed by atoms with Gasteiger partial charge in [0.15, 0.2) is 0 Å². The molecular weight excluding hydrogens is 632 g/mol. The largest absolute Gasteiger partial charge is 0.478 e. The van der Waals surface area contributed by atoms with Crippen LogP contribution in [0, 0.1) is 11.8 Å². The summed E-state index contributed by atoms with van der Waals surface area (Å²) < 4.78 is 16.1. The second-order valence-corrected chi connectivity index (χ2v) is 12.6. The van der Waals surface area contributed by atoms with Gasteiger partial charge in [0, 0.05) is 0 Å². The number of ether oxygens (including phenoxy) is 3. The third-order valence-electron chi connectivity index (χ3n) is 8.46. The molecule has 0 amide bonds. The van der Waals surface area contributed by atoms with Crippen LogP contribution >= 0.6 is 0 Å². The molecule has 2 aromatic carbocycles. The Hall–Kier alpha value is -3.68. The Morgan fingerprint density at radius 2 is 0.880 bits per heavy atom. The molecule has 2 aromatic rings. The Morgan fingerprint density at radius 3 is 1.24 bits per heavy atom. The van der Waals surface area contributed by atoms with Crippen molar-refractivity contribution in [3.8, 4) is 0 Å². The molecule has 0 aliphatic carbocycles. The van der Waals surface area contributed by atoms with E-state index in [0.717, 1.165) is 77.0 Å². The van der Waals surface area contributed by atoms with Crippen molar-refractivity contribution in [2.45, 2.75) is 138 Å². The van der Waals surface area contributed by atoms with Gasteiger partial charge in [-0.25, -0.2) is 19.2 Å². The lowest BCUT2D eigenvalue weighted by atomic mass is 10.0. The molecule has 2 rings (SSSR count). The first kappa shape index (κ1) is 46.3. The molecule has 0 aromatic heterocycles. The fourth-order valence-electron chi connectivity index (χ4n) is 4.80. The lowest BCUT2D eigenvalue weighted by Gasteiger charge is -2.17. The van der Waals surface area contributed by atoms with Gasteiger partial charge < -0.3 is 19.3 Å². The Labute approximate surface area is 302 Å². The van der Waals surface area contributed by atoms with Gasteiger partial charge in [-0.2, -0.15) is 0 Å². The Kier molecular flexibility index (Phi) is 27.9. The molecule has 0 aliphatic rings. The summed E-state index contributed by atoms with van der Waals surface area (Å²) in [5, 5.41) is 8.95. The minimum atomic E-state index is -1.12. The molecule has 0 bridgehead atoms. The lowest BCUT2D eigenvalue weighted by molar-refractivity contribution is 0.0381. The normalized spacial score (nSPS) is 11.5. The topological polar surface area (TPSA) is 116 Å². The highest BCUT2D eigenvalue weighted by Crippen LogP contribution is 2.18. The predicted octanol–water partition coefficient (Wildman–Crippen LogP) is 11.4. The van der Waals surface area contributed by atoms with Crippen molar-refractivity contribution in [2.24, 2.45) is 11.8 Å². The van der Waals surface area contributed by atoms with Crippen LogP contribution in [0.1, 0.15) is 180 Å². The molecule has 0 aliphatic heterocycles. The first-order chi connectivity index (χ1) is 24.1. The number of aromatic carboxylic acids is 1. The van der Waals surface area contributed by atoms with E-state index in [1.807, 2.05) is 0 Å². The lowest BCUT2D eigenvalue weighted by Crippen LogP contribution is -2.19. The van der Waals surface area contributed by atoms with Gasteiger partial charge in [0.2, 0.25) is 0 Å². The van der Waals surface area contributed by atoms with Gasteiger partial charge in [-0.3, -0.25) is 0 Å². The van der Waals surface area contributed by atoms with Crippen molar-refractivity contribution in [1.29, 1.82) is 0 Å². The van der Waals surface area contributed by atoms with Gasteiger partial charge in [0.1, 0.15) is 0 Å². The number of carbonyl (C=O) groups is 4. The van der Waals surface area contributed by atoms with Crippen LogP contribution in [-0.2, 0) is 14.2 Å². The monoisotopic (exact) mass is 698 g/mol. The van der Waals surface area contributed by atoms with Gasteiger partial charge in [-0.15, -0.1) is 0 Å². The summed E-state index contributed by atoms with van der Waals surface area (Å²) in [6, 6.07) is 12.9. The van der Waals surface area contributed by atoms with E-state index in [1.54, 1.807) is 36.4 Å². The third-order valence-corrected chi connectivity index (χ3v) is 8.46. The molecule has 8 heteroatoms. The smallest absolute Gasteiger partial charge is 0.339 e. The Morgan fingerprint density at radius 1 is 0.500 bits per heavy atom. The highest BCUT2D eigenvalue weighted by atomic mass is 16.5. The fraction of sp³-hybridized carbons (Fsp3) is 0.619. The summed E-state index contributed by atoms with van der Waals surface area (Å²) in [4.78, 5) is 47.8. The highest BCUT2D eigenvalue weighted by molar-refractivity contribution is 6.03. The molecule has 2 unspecified atom stereocenters. The van der Waals surface area contributed by atoms with Crippen LogP contribution in [-0.4, -0.2) is 48.8 Å². The zero-order chi connectivity index (χ0) is 37.6. The predicted molar refractivity (Wildman–Crippen MR) is 202 cm³/mol. The van der Waals surface area contributed by atoms with E-state index < -0.39 is 23.9 Å². The average molecular weight is 699 g/mol. The summed E-state index contributed by atoms with van der Waals surface area (Å²) >= 11 is 0. The molecule has 282 valence electrons. The van der Waals surface area contributed by atoms with Gasteiger partial charge in [0.25, 0.3) is 0 Å². The van der Waals surface area contributed by atoms with Crippen molar-refractivity contribution in [2.75, 3.05) is 19.8 Å². The molecule has 1 N–H and O–H groups in total. The van der Waals surface area contributed by atoms with Gasteiger partial charge in [0.05, 0.1) is 42.1 Å². The third kappa shape index (κ3) is 20.1. The van der Waals surface area contributed by atoms with Crippen LogP contribution in [0.4, 0.5) is 0 Å². The SMILES string of the molecule is CCCC.CCCCC(CC)COC(=O)c1ccccc1C(=O)OCC(CC)CCCC.CCCCCCOC(=O)c1ccccc1C(=O)O. The van der Waals surface area contributed by atoms with Crippen LogP contribution in [0.3, 0.4) is 0 Å². The zero-order valence-electron chi connectivity index (χ0n) is 32.1. The standard InChI is InChI=1S/C24H38O4.C14H18O4.C4H10/c1-5-9-13-19(7-3)17-27-23(25)21-15-11-12-16-22(21)24(26)28-18-20(8-4)14-10-6-2;1-2-3-4-7-10-18-14(17)12-9-6-5-8-11(12)13(15)16;1-3-4-2/h11-12,15-16,19-20H,5-10,13-14,17-18H2,1-4H3;5-6,8-9H,2-4,7,10H2,1H3,(H,15,16);3-4H2,1-2H3. The number of carboxylic acid groups (broad SMARTS) is 1. The molecule has 0 saturated carbocycles. The number of hydrogen-bond donors (Lipinski definition) is 1. The molecular formula is C42H66O8. The number of carboxylic acids is 1. The first-order valence-corrected chi connectivity index (χ1v) is 19.1. The van der Waals surface area contributed by atoms with E-state index in [2.05, 4.69) is 48.5 Å². The number of hydrogen-bond acceptors (Lipinski definition) is 7. The maximum absolute atomic E-state index is 12.6. The molecule has 0 heterocycles. The van der Waals surface area contributed by atoms with E-state index in [1.165, 1.54) is 25.0 Å². The van der Waals surface area contributed by atoms with Crippen molar-refractivity contribution < 1.29 is 38.5 Å². The molecule has 50 heavy (non-hydrogen) atoms. The van der Waals surface area contributed by atoms with Crippen molar-refractivity contribution >= 4 is 23.9 Å². The second-order valence-electron chi connectivity index (χ2n) is 12.6. The average Bonchev–Trinajstić information content (AvgIpc) is 3.14. The molecule has 8 nitrogen and oxygen atoms in total. The van der Waals surface area contributed by atoms with Gasteiger partial charge in [-0.05, 0) is 55.4 Å². The minimum absolute atomic E-state index is 0.0175. The van der Waals surface area contributed by atoms with Crippen LogP contribution in [0.2, 0.25) is 0 Å². The first-order valence-electron chi connectivity index (χ1n) is 19.1. The summed E-state index contributed by atoms with van der Waals surface area (Å²) in [6.07, 6.45) is 15.3. The summed E-state index contributed by atoms with van der Waals surface area (Å²) in [5.74, 6) is -1.84.